The summed E-state index contributed by atoms with van der Waals surface area (Å²) < 4.78 is 55.0. The summed E-state index contributed by atoms with van der Waals surface area (Å²) >= 11 is 0. The van der Waals surface area contributed by atoms with E-state index in [1.54, 1.807) is 6.07 Å². The smallest absolute Gasteiger partial charge is 0.243 e. The number of halogens is 2. The highest BCUT2D eigenvalue weighted by Gasteiger charge is 2.40. The molecule has 0 aromatic heterocycles. The van der Waals surface area contributed by atoms with Crippen LogP contribution in [0.15, 0.2) is 47.4 Å². The van der Waals surface area contributed by atoms with E-state index in [9.17, 15) is 26.8 Å². The van der Waals surface area contributed by atoms with Crippen LogP contribution in [-0.4, -0.2) is 43.2 Å². The second-order valence-corrected chi connectivity index (χ2v) is 9.17. The molecule has 0 radical (unpaired) electrons. The molecule has 11 heteroatoms. The van der Waals surface area contributed by atoms with Gasteiger partial charge in [0.25, 0.3) is 0 Å². The summed E-state index contributed by atoms with van der Waals surface area (Å²) in [5.74, 6) is -2.82. The first-order chi connectivity index (χ1) is 15.1. The second kappa shape index (κ2) is 9.42. The van der Waals surface area contributed by atoms with E-state index in [1.807, 2.05) is 0 Å². The van der Waals surface area contributed by atoms with Crippen LogP contribution in [0.5, 0.6) is 0 Å². The van der Waals surface area contributed by atoms with Crippen LogP contribution in [0, 0.1) is 23.0 Å². The molecule has 1 aliphatic rings. The van der Waals surface area contributed by atoms with Gasteiger partial charge in [-0.15, -0.1) is 0 Å². The Morgan fingerprint density at radius 1 is 1.22 bits per heavy atom. The molecule has 2 aromatic rings. The third-order valence-corrected chi connectivity index (χ3v) is 6.99. The van der Waals surface area contributed by atoms with E-state index in [-0.39, 0.29) is 23.4 Å². The van der Waals surface area contributed by atoms with Crippen LogP contribution in [0.25, 0.3) is 11.1 Å². The maximum Gasteiger partial charge on any atom is 0.243 e. The molecule has 0 aliphatic carbocycles. The monoisotopic (exact) mass is 462 g/mol. The summed E-state index contributed by atoms with van der Waals surface area (Å²) in [7, 11) is -4.23. The average molecular weight is 462 g/mol. The highest BCUT2D eigenvalue weighted by molar-refractivity contribution is 7.89. The molecule has 1 fully saturated rings. The lowest BCUT2D eigenvalue weighted by molar-refractivity contribution is -0.125. The van der Waals surface area contributed by atoms with Gasteiger partial charge in [-0.3, -0.25) is 9.59 Å². The number of benzene rings is 2. The number of primary amides is 1. The molecule has 0 unspecified atom stereocenters. The van der Waals surface area contributed by atoms with E-state index in [4.69, 9.17) is 11.0 Å². The van der Waals surface area contributed by atoms with Gasteiger partial charge < -0.3 is 11.1 Å². The van der Waals surface area contributed by atoms with E-state index in [2.05, 4.69) is 5.32 Å². The third-order valence-electron chi connectivity index (χ3n) is 5.09. The predicted molar refractivity (Wildman–Crippen MR) is 110 cm³/mol. The van der Waals surface area contributed by atoms with Crippen molar-refractivity contribution in [3.05, 3.63) is 54.1 Å². The van der Waals surface area contributed by atoms with E-state index < -0.39 is 52.0 Å². The second-order valence-electron chi connectivity index (χ2n) is 7.28. The maximum absolute atomic E-state index is 14.7. The van der Waals surface area contributed by atoms with Crippen LogP contribution in [0.4, 0.5) is 8.78 Å². The average Bonchev–Trinajstić information content (AvgIpc) is 3.24. The van der Waals surface area contributed by atoms with Crippen LogP contribution in [0.2, 0.25) is 0 Å². The van der Waals surface area contributed by atoms with Gasteiger partial charge in [-0.25, -0.2) is 17.2 Å². The molecular weight excluding hydrogens is 442 g/mol. The minimum Gasteiger partial charge on any atom is -0.370 e. The lowest BCUT2D eigenvalue weighted by Gasteiger charge is -2.24. The van der Waals surface area contributed by atoms with Crippen molar-refractivity contribution < 1.29 is 26.8 Å². The Kier molecular flexibility index (Phi) is 6.86. The van der Waals surface area contributed by atoms with Crippen LogP contribution in [0.3, 0.4) is 0 Å². The van der Waals surface area contributed by atoms with Crippen molar-refractivity contribution in [2.24, 2.45) is 5.73 Å². The molecule has 0 spiro atoms. The summed E-state index contributed by atoms with van der Waals surface area (Å²) in [6, 6.07) is 7.87. The van der Waals surface area contributed by atoms with Crippen molar-refractivity contribution in [3.63, 3.8) is 0 Å². The van der Waals surface area contributed by atoms with Crippen molar-refractivity contribution in [1.82, 2.24) is 9.62 Å². The highest BCUT2D eigenvalue weighted by atomic mass is 32.2. The molecule has 32 heavy (non-hydrogen) atoms. The number of rotatable bonds is 7. The zero-order chi connectivity index (χ0) is 23.5. The number of nitriles is 1. The Balaban J connectivity index is 1.84. The zero-order valence-corrected chi connectivity index (χ0v) is 17.6. The molecule has 0 saturated carbocycles. The number of sulfonamides is 1. The number of hydrogen-bond acceptors (Lipinski definition) is 5. The van der Waals surface area contributed by atoms with E-state index in [0.29, 0.717) is 12.0 Å². The molecule has 3 N–H and O–H groups in total. The van der Waals surface area contributed by atoms with Crippen molar-refractivity contribution in [1.29, 1.82) is 5.26 Å². The van der Waals surface area contributed by atoms with Gasteiger partial charge in [-0.2, -0.15) is 9.57 Å². The Bertz CT molecular complexity index is 1180. The summed E-state index contributed by atoms with van der Waals surface area (Å²) in [4.78, 5) is 23.3. The zero-order valence-electron chi connectivity index (χ0n) is 16.8. The Labute approximate surface area is 183 Å². The molecule has 1 saturated heterocycles. The van der Waals surface area contributed by atoms with Gasteiger partial charge in [0.1, 0.15) is 23.7 Å². The molecular formula is C21H20F2N4O4S. The number of nitrogens with one attached hydrogen (secondary N) is 1. The van der Waals surface area contributed by atoms with Crippen LogP contribution < -0.4 is 11.1 Å². The molecule has 168 valence electrons. The Morgan fingerprint density at radius 2 is 1.91 bits per heavy atom. The van der Waals surface area contributed by atoms with Crippen molar-refractivity contribution in [3.8, 4) is 17.2 Å². The molecule has 8 nitrogen and oxygen atoms in total. The van der Waals surface area contributed by atoms with Gasteiger partial charge in [-0.1, -0.05) is 18.2 Å². The molecule has 2 aromatic carbocycles. The van der Waals surface area contributed by atoms with Gasteiger partial charge in [0.05, 0.1) is 17.4 Å². The SMILES string of the molecule is N#C[C@H](CC(N)=O)NC(=O)[C@@H]1CCCN1S(=O)(=O)c1ccc(-c2ccc(F)cc2)c(F)c1. The van der Waals surface area contributed by atoms with Crippen molar-refractivity contribution in [2.45, 2.75) is 36.2 Å². The lowest BCUT2D eigenvalue weighted by Crippen LogP contribution is -2.49. The molecule has 3 rings (SSSR count). The normalized spacial score (nSPS) is 17.5. The highest BCUT2D eigenvalue weighted by Crippen LogP contribution is 2.30. The Morgan fingerprint density at radius 3 is 2.50 bits per heavy atom. The first-order valence-corrected chi connectivity index (χ1v) is 11.1. The summed E-state index contributed by atoms with van der Waals surface area (Å²) in [6.45, 7) is 0.0365. The van der Waals surface area contributed by atoms with Gasteiger partial charge >= 0.3 is 0 Å². The largest absolute Gasteiger partial charge is 0.370 e. The van der Waals surface area contributed by atoms with Crippen molar-refractivity contribution in [2.75, 3.05) is 6.54 Å². The molecule has 1 aliphatic heterocycles. The standard InChI is InChI=1S/C21H20F2N4O4S/c22-14-5-3-13(4-6-14)17-8-7-16(11-18(17)23)32(30,31)27-9-1-2-19(27)21(29)26-15(12-24)10-20(25)28/h3-8,11,15,19H,1-2,9-10H2,(H2,25,28)(H,26,29)/t15-,19-/m0/s1. The minimum atomic E-state index is -4.23. The fourth-order valence-corrected chi connectivity index (χ4v) is 5.21. The predicted octanol–water partition coefficient (Wildman–Crippen LogP) is 1.67. The topological polar surface area (TPSA) is 133 Å². The fourth-order valence-electron chi connectivity index (χ4n) is 3.54. The van der Waals surface area contributed by atoms with Crippen molar-refractivity contribution >= 4 is 21.8 Å². The Hall–Kier alpha value is -3.36. The number of carbonyl (C=O) groups is 2. The van der Waals surface area contributed by atoms with Gasteiger partial charge in [-0.05, 0) is 42.7 Å². The molecule has 0 bridgehead atoms. The van der Waals surface area contributed by atoms with Gasteiger partial charge in [0.15, 0.2) is 0 Å². The summed E-state index contributed by atoms with van der Waals surface area (Å²) in [5.41, 5.74) is 5.52. The minimum absolute atomic E-state index is 0.0365. The maximum atomic E-state index is 14.7. The van der Waals surface area contributed by atoms with Gasteiger partial charge in [0.2, 0.25) is 21.8 Å². The summed E-state index contributed by atoms with van der Waals surface area (Å²) in [5, 5.41) is 11.4. The first-order valence-electron chi connectivity index (χ1n) is 9.69. The number of nitrogens with zero attached hydrogens (tertiary/aromatic N) is 2. The molecule has 2 amide bonds. The van der Waals surface area contributed by atoms with Crippen LogP contribution in [-0.2, 0) is 19.6 Å². The fraction of sp³-hybridized carbons (Fsp3) is 0.286. The molecule has 2 atom stereocenters. The van der Waals surface area contributed by atoms with E-state index in [0.717, 1.165) is 10.4 Å². The van der Waals surface area contributed by atoms with E-state index >= 15 is 0 Å². The lowest BCUT2D eigenvalue weighted by atomic mass is 10.1. The van der Waals surface area contributed by atoms with E-state index in [1.165, 1.54) is 36.4 Å². The van der Waals surface area contributed by atoms with Crippen LogP contribution >= 0.6 is 0 Å². The number of amides is 2. The van der Waals surface area contributed by atoms with Gasteiger partial charge in [0, 0.05) is 12.1 Å². The first kappa shape index (κ1) is 23.3. The number of carbonyl (C=O) groups excluding carboxylic acids is 2. The number of hydrogen-bond donors (Lipinski definition) is 2. The van der Waals surface area contributed by atoms with Crippen LogP contribution in [0.1, 0.15) is 19.3 Å². The number of nitrogens with two attached hydrogens (primary N) is 1. The third kappa shape index (κ3) is 4.92. The molecule has 1 heterocycles. The summed E-state index contributed by atoms with van der Waals surface area (Å²) in [6.07, 6.45) is 0.189. The quantitative estimate of drug-likeness (QED) is 0.646.